The van der Waals surface area contributed by atoms with Crippen LogP contribution in [0.4, 0.5) is 10.5 Å². The fourth-order valence-corrected chi connectivity index (χ4v) is 3.14. The fraction of sp³-hybridized carbons (Fsp3) is 0.200. The molecule has 0 bridgehead atoms. The Morgan fingerprint density at radius 2 is 1.91 bits per heavy atom. The van der Waals surface area contributed by atoms with Gasteiger partial charge in [0.05, 0.1) is 16.3 Å². The van der Waals surface area contributed by atoms with Crippen LogP contribution in [0.1, 0.15) is 4.88 Å². The Bertz CT molecular complexity index is 645. The van der Waals surface area contributed by atoms with Crippen LogP contribution in [0.2, 0.25) is 4.34 Å². The first-order valence-corrected chi connectivity index (χ1v) is 7.94. The van der Waals surface area contributed by atoms with Crippen molar-refractivity contribution in [3.8, 4) is 0 Å². The van der Waals surface area contributed by atoms with Gasteiger partial charge in [0.25, 0.3) is 5.91 Å². The summed E-state index contributed by atoms with van der Waals surface area (Å²) in [6.07, 6.45) is 0. The monoisotopic (exact) mass is 338 g/mol. The Kier molecular flexibility index (Phi) is 5.94. The van der Waals surface area contributed by atoms with Gasteiger partial charge in [0.1, 0.15) is 6.54 Å². The van der Waals surface area contributed by atoms with E-state index in [4.69, 9.17) is 11.6 Å². The predicted octanol–water partition coefficient (Wildman–Crippen LogP) is 1.76. The zero-order valence-electron chi connectivity index (χ0n) is 12.1. The number of quaternary nitrogens is 1. The zero-order chi connectivity index (χ0) is 15.9. The number of carbonyl (C=O) groups excluding carboxylic acids is 2. The molecule has 0 radical (unpaired) electrons. The minimum Gasteiger partial charge on any atom is -0.325 e. The maximum absolute atomic E-state index is 11.8. The molecule has 0 aliphatic carbocycles. The van der Waals surface area contributed by atoms with E-state index in [0.717, 1.165) is 14.1 Å². The number of hydrogen-bond acceptors (Lipinski definition) is 3. The normalized spacial score (nSPS) is 11.7. The molecule has 1 unspecified atom stereocenters. The second-order valence-corrected chi connectivity index (χ2v) is 6.68. The Balaban J connectivity index is 1.76. The standard InChI is InChI=1S/C15H16ClN3O2S/c1-19(9-12-7-8-13(16)22-12)10-14(20)18-15(21)17-11-5-3-2-4-6-11/h2-8H,9-10H2,1H3,(H2,17,18,20,21)/p+1. The average molecular weight is 339 g/mol. The van der Waals surface area contributed by atoms with Gasteiger partial charge in [-0.15, -0.1) is 11.3 Å². The molecule has 0 aliphatic rings. The van der Waals surface area contributed by atoms with E-state index < -0.39 is 6.03 Å². The molecular weight excluding hydrogens is 322 g/mol. The third-order valence-electron chi connectivity index (χ3n) is 2.85. The number of amides is 3. The largest absolute Gasteiger partial charge is 0.326 e. The minimum absolute atomic E-state index is 0.206. The Morgan fingerprint density at radius 3 is 2.55 bits per heavy atom. The molecular formula is C15H17ClN3O2S+. The van der Waals surface area contributed by atoms with Crippen LogP contribution in [-0.2, 0) is 11.3 Å². The molecule has 2 aromatic rings. The number of para-hydroxylation sites is 1. The van der Waals surface area contributed by atoms with Crippen molar-refractivity contribution >= 4 is 40.6 Å². The molecule has 1 aromatic carbocycles. The summed E-state index contributed by atoms with van der Waals surface area (Å²) in [5, 5.41) is 4.92. The minimum atomic E-state index is -0.525. The summed E-state index contributed by atoms with van der Waals surface area (Å²) in [5.74, 6) is -0.325. The lowest BCUT2D eigenvalue weighted by molar-refractivity contribution is -0.885. The number of halogens is 1. The fourth-order valence-electron chi connectivity index (χ4n) is 1.94. The number of urea groups is 1. The number of hydrogen-bond donors (Lipinski definition) is 3. The van der Waals surface area contributed by atoms with Crippen molar-refractivity contribution in [1.29, 1.82) is 0 Å². The second-order valence-electron chi connectivity index (χ2n) is 4.88. The van der Waals surface area contributed by atoms with Gasteiger partial charge in [-0.05, 0) is 24.3 Å². The van der Waals surface area contributed by atoms with Crippen LogP contribution < -0.4 is 15.5 Å². The predicted molar refractivity (Wildman–Crippen MR) is 88.4 cm³/mol. The van der Waals surface area contributed by atoms with Crippen LogP contribution in [0, 0.1) is 0 Å². The smallest absolute Gasteiger partial charge is 0.325 e. The number of thiophene rings is 1. The summed E-state index contributed by atoms with van der Waals surface area (Å²) in [4.78, 5) is 25.6. The molecule has 0 aliphatic heterocycles. The molecule has 116 valence electrons. The summed E-state index contributed by atoms with van der Waals surface area (Å²) in [6.45, 7) is 0.892. The van der Waals surface area contributed by atoms with E-state index in [1.165, 1.54) is 11.3 Å². The SMILES string of the molecule is C[NH+](CC(=O)NC(=O)Nc1ccccc1)Cc1ccc(Cl)s1. The molecule has 5 nitrogen and oxygen atoms in total. The number of anilines is 1. The van der Waals surface area contributed by atoms with E-state index in [-0.39, 0.29) is 12.5 Å². The van der Waals surface area contributed by atoms with E-state index >= 15 is 0 Å². The van der Waals surface area contributed by atoms with E-state index in [1.54, 1.807) is 12.1 Å². The number of nitrogens with one attached hydrogen (secondary N) is 3. The number of likely N-dealkylation sites (N-methyl/N-ethyl adjacent to an activating group) is 1. The summed E-state index contributed by atoms with van der Waals surface area (Å²) in [7, 11) is 1.89. The summed E-state index contributed by atoms with van der Waals surface area (Å²) in [6, 6.07) is 12.2. The zero-order valence-corrected chi connectivity index (χ0v) is 13.6. The van der Waals surface area contributed by atoms with Gasteiger partial charge in [0, 0.05) is 5.69 Å². The lowest BCUT2D eigenvalue weighted by Gasteiger charge is -2.12. The van der Waals surface area contributed by atoms with Crippen molar-refractivity contribution in [1.82, 2.24) is 5.32 Å². The molecule has 1 atom stereocenters. The van der Waals surface area contributed by atoms with Crippen molar-refractivity contribution in [2.75, 3.05) is 18.9 Å². The Labute approximate surface area is 137 Å². The highest BCUT2D eigenvalue weighted by Crippen LogP contribution is 2.20. The molecule has 0 saturated carbocycles. The van der Waals surface area contributed by atoms with E-state index in [2.05, 4.69) is 10.6 Å². The third kappa shape index (κ3) is 5.48. The van der Waals surface area contributed by atoms with Crippen LogP contribution in [0.15, 0.2) is 42.5 Å². The first kappa shape index (κ1) is 16.5. The van der Waals surface area contributed by atoms with Crippen LogP contribution in [0.5, 0.6) is 0 Å². The van der Waals surface area contributed by atoms with Gasteiger partial charge in [-0.25, -0.2) is 4.79 Å². The highest BCUT2D eigenvalue weighted by atomic mass is 35.5. The maximum atomic E-state index is 11.8. The van der Waals surface area contributed by atoms with E-state index in [9.17, 15) is 9.59 Å². The lowest BCUT2D eigenvalue weighted by Crippen LogP contribution is -3.08. The number of carbonyl (C=O) groups is 2. The van der Waals surface area contributed by atoms with Crippen LogP contribution in [0.3, 0.4) is 0 Å². The molecule has 2 rings (SSSR count). The topological polar surface area (TPSA) is 62.6 Å². The molecule has 22 heavy (non-hydrogen) atoms. The van der Waals surface area contributed by atoms with Gasteiger partial charge in [0.2, 0.25) is 0 Å². The molecule has 7 heteroatoms. The number of benzene rings is 1. The third-order valence-corrected chi connectivity index (χ3v) is 4.08. The number of imide groups is 1. The van der Waals surface area contributed by atoms with Gasteiger partial charge in [0.15, 0.2) is 6.54 Å². The molecule has 0 spiro atoms. The lowest BCUT2D eigenvalue weighted by atomic mass is 10.3. The van der Waals surface area contributed by atoms with E-state index in [0.29, 0.717) is 12.2 Å². The highest BCUT2D eigenvalue weighted by Gasteiger charge is 2.14. The van der Waals surface area contributed by atoms with Crippen molar-refractivity contribution in [2.45, 2.75) is 6.54 Å². The van der Waals surface area contributed by atoms with Crippen LogP contribution in [-0.4, -0.2) is 25.5 Å². The highest BCUT2D eigenvalue weighted by molar-refractivity contribution is 7.16. The van der Waals surface area contributed by atoms with Crippen LogP contribution in [0.25, 0.3) is 0 Å². The quantitative estimate of drug-likeness (QED) is 0.778. The average Bonchev–Trinajstić information content (AvgIpc) is 2.84. The molecule has 3 amide bonds. The molecule has 1 aromatic heterocycles. The molecule has 3 N–H and O–H groups in total. The van der Waals surface area contributed by atoms with E-state index in [1.807, 2.05) is 37.4 Å². The molecule has 0 saturated heterocycles. The molecule has 0 fully saturated rings. The van der Waals surface area contributed by atoms with Crippen molar-refractivity contribution in [3.63, 3.8) is 0 Å². The van der Waals surface area contributed by atoms with Gasteiger partial charge < -0.3 is 10.2 Å². The molecule has 1 heterocycles. The second kappa shape index (κ2) is 7.93. The van der Waals surface area contributed by atoms with Crippen molar-refractivity contribution in [3.05, 3.63) is 51.7 Å². The number of rotatable bonds is 5. The Morgan fingerprint density at radius 1 is 1.18 bits per heavy atom. The summed E-state index contributed by atoms with van der Waals surface area (Å²) >= 11 is 7.36. The first-order valence-electron chi connectivity index (χ1n) is 6.74. The van der Waals surface area contributed by atoms with Gasteiger partial charge in [-0.3, -0.25) is 10.1 Å². The first-order chi connectivity index (χ1) is 10.5. The van der Waals surface area contributed by atoms with Crippen LogP contribution >= 0.6 is 22.9 Å². The summed E-state index contributed by atoms with van der Waals surface area (Å²) < 4.78 is 0.731. The van der Waals surface area contributed by atoms with Crippen molar-refractivity contribution in [2.24, 2.45) is 0 Å². The van der Waals surface area contributed by atoms with Gasteiger partial charge >= 0.3 is 6.03 Å². The maximum Gasteiger partial charge on any atom is 0.326 e. The summed E-state index contributed by atoms with van der Waals surface area (Å²) in [5.41, 5.74) is 0.640. The van der Waals surface area contributed by atoms with Gasteiger partial charge in [-0.1, -0.05) is 29.8 Å². The van der Waals surface area contributed by atoms with Gasteiger partial charge in [-0.2, -0.15) is 0 Å². The Hall–Kier alpha value is -1.89. The van der Waals surface area contributed by atoms with Crippen molar-refractivity contribution < 1.29 is 14.5 Å².